The van der Waals surface area contributed by atoms with Crippen LogP contribution in [0, 0.1) is 5.95 Å². The molecule has 8 heteroatoms. The molecule has 0 unspecified atom stereocenters. The smallest absolute Gasteiger partial charge is 0.339 e. The molecular formula is C27H31FN2O4S. The Balaban J connectivity index is 0.000000684. The van der Waals surface area contributed by atoms with Gasteiger partial charge in [0.2, 0.25) is 5.95 Å². The van der Waals surface area contributed by atoms with Gasteiger partial charge in [0.25, 0.3) is 5.91 Å². The van der Waals surface area contributed by atoms with E-state index in [1.54, 1.807) is 29.6 Å². The van der Waals surface area contributed by atoms with E-state index in [1.165, 1.54) is 12.3 Å². The van der Waals surface area contributed by atoms with Crippen LogP contribution in [0.25, 0.3) is 22.1 Å². The highest BCUT2D eigenvalue weighted by molar-refractivity contribution is 7.15. The lowest BCUT2D eigenvalue weighted by Gasteiger charge is -2.04. The molecule has 0 fully saturated rings. The lowest BCUT2D eigenvalue weighted by atomic mass is 10.1. The van der Waals surface area contributed by atoms with Gasteiger partial charge in [0.15, 0.2) is 5.76 Å². The number of carbonyl (C=O) groups is 2. The number of carboxylic acids is 1. The highest BCUT2D eigenvalue weighted by atomic mass is 32.1. The Morgan fingerprint density at radius 3 is 2.29 bits per heavy atom. The largest absolute Gasteiger partial charge is 0.478 e. The van der Waals surface area contributed by atoms with E-state index in [-0.39, 0.29) is 16.3 Å². The van der Waals surface area contributed by atoms with Crippen LogP contribution in [0.15, 0.2) is 70.6 Å². The number of anilines is 1. The van der Waals surface area contributed by atoms with Gasteiger partial charge in [-0.15, -0.1) is 11.3 Å². The zero-order valence-electron chi connectivity index (χ0n) is 20.8. The highest BCUT2D eigenvalue weighted by Gasteiger charge is 2.23. The second-order valence-electron chi connectivity index (χ2n) is 6.30. The van der Waals surface area contributed by atoms with Crippen molar-refractivity contribution in [1.29, 1.82) is 0 Å². The first-order valence-corrected chi connectivity index (χ1v) is 12.2. The standard InChI is InChI=1S/C19H11FN2O4S.C4H8.2C2H6/c20-15-8-10(5-6-21-15)12-9-27-18(16(12)19(24)25)22-17(23)14-7-11-3-1-2-4-13(11)26-14;1-3-4-2;2*1-2/h1-9H,(H,22,23)(H,24,25);3-4H,1-2H3;2*1-2H3/b;4-3-;;. The number of furan rings is 1. The van der Waals surface area contributed by atoms with Crippen LogP contribution >= 0.6 is 11.3 Å². The molecule has 4 aromatic rings. The maximum Gasteiger partial charge on any atom is 0.339 e. The number of hydrogen-bond acceptors (Lipinski definition) is 5. The van der Waals surface area contributed by atoms with Crippen molar-refractivity contribution in [3.8, 4) is 11.1 Å². The molecule has 3 heterocycles. The van der Waals surface area contributed by atoms with E-state index in [9.17, 15) is 19.1 Å². The van der Waals surface area contributed by atoms with Crippen molar-refractivity contribution in [1.82, 2.24) is 4.98 Å². The Bertz CT molecular complexity index is 1220. The number of nitrogens with one attached hydrogen (secondary N) is 1. The third-order valence-corrected chi connectivity index (χ3v) is 5.15. The lowest BCUT2D eigenvalue weighted by molar-refractivity contribution is 0.0699. The molecule has 6 nitrogen and oxygen atoms in total. The molecular weight excluding hydrogens is 467 g/mol. The number of aromatic nitrogens is 1. The Morgan fingerprint density at radius 2 is 1.71 bits per heavy atom. The topological polar surface area (TPSA) is 92.4 Å². The van der Waals surface area contributed by atoms with Crippen molar-refractivity contribution < 1.29 is 23.5 Å². The highest BCUT2D eigenvalue weighted by Crippen LogP contribution is 2.36. The van der Waals surface area contributed by atoms with Crippen molar-refractivity contribution in [2.75, 3.05) is 5.32 Å². The summed E-state index contributed by atoms with van der Waals surface area (Å²) in [6.45, 7) is 12.0. The number of para-hydroxylation sites is 1. The predicted molar refractivity (Wildman–Crippen MR) is 142 cm³/mol. The first-order valence-electron chi connectivity index (χ1n) is 11.3. The van der Waals surface area contributed by atoms with Crippen LogP contribution in [0.2, 0.25) is 0 Å². The van der Waals surface area contributed by atoms with Gasteiger partial charge in [-0.2, -0.15) is 4.39 Å². The molecule has 0 saturated heterocycles. The van der Waals surface area contributed by atoms with E-state index in [0.717, 1.165) is 22.8 Å². The number of fused-ring (bicyclic) bond motifs is 1. The number of halogens is 1. The number of amides is 1. The number of rotatable bonds is 4. The molecule has 0 aliphatic carbocycles. The molecule has 1 aromatic carbocycles. The number of carbonyl (C=O) groups excluding carboxylic acids is 1. The molecule has 35 heavy (non-hydrogen) atoms. The number of nitrogens with zero attached hydrogens (tertiary/aromatic N) is 1. The van der Waals surface area contributed by atoms with Crippen molar-refractivity contribution >= 4 is 39.2 Å². The van der Waals surface area contributed by atoms with Crippen LogP contribution in [-0.2, 0) is 0 Å². The van der Waals surface area contributed by atoms with E-state index in [1.807, 2.05) is 59.8 Å². The van der Waals surface area contributed by atoms with Crippen LogP contribution < -0.4 is 5.32 Å². The van der Waals surface area contributed by atoms with Crippen molar-refractivity contribution in [2.24, 2.45) is 0 Å². The van der Waals surface area contributed by atoms with Gasteiger partial charge in [0.1, 0.15) is 16.1 Å². The Hall–Kier alpha value is -3.78. The molecule has 0 radical (unpaired) electrons. The minimum absolute atomic E-state index is 0.0671. The zero-order valence-corrected chi connectivity index (χ0v) is 21.6. The van der Waals surface area contributed by atoms with Crippen LogP contribution in [0.5, 0.6) is 0 Å². The van der Waals surface area contributed by atoms with Gasteiger partial charge in [-0.05, 0) is 37.6 Å². The van der Waals surface area contributed by atoms with Crippen molar-refractivity contribution in [2.45, 2.75) is 41.5 Å². The maximum atomic E-state index is 13.4. The second kappa shape index (κ2) is 15.2. The number of aromatic carboxylic acids is 1. The predicted octanol–water partition coefficient (Wildman–Crippen LogP) is 8.28. The SMILES string of the molecule is C/C=C\C.CC.CC.O=C(Nc1scc(-c2ccnc(F)c2)c1C(=O)O)c1cc2ccccc2o1. The zero-order chi connectivity index (χ0) is 26.4. The van der Waals surface area contributed by atoms with Gasteiger partial charge < -0.3 is 14.8 Å². The molecule has 0 aliphatic rings. The molecule has 0 atom stereocenters. The van der Waals surface area contributed by atoms with Crippen molar-refractivity contribution in [3.63, 3.8) is 0 Å². The van der Waals surface area contributed by atoms with Crippen LogP contribution in [0.4, 0.5) is 9.39 Å². The average Bonchev–Trinajstić information content (AvgIpc) is 3.51. The van der Waals surface area contributed by atoms with E-state index < -0.39 is 17.8 Å². The lowest BCUT2D eigenvalue weighted by Crippen LogP contribution is -2.12. The summed E-state index contributed by atoms with van der Waals surface area (Å²) in [5.74, 6) is -2.45. The summed E-state index contributed by atoms with van der Waals surface area (Å²) in [5.41, 5.74) is 1.10. The van der Waals surface area contributed by atoms with Crippen LogP contribution in [-0.4, -0.2) is 22.0 Å². The number of pyridine rings is 1. The second-order valence-corrected chi connectivity index (χ2v) is 7.17. The Kier molecular flexibility index (Phi) is 12.7. The number of carboxylic acid groups (broad SMARTS) is 1. The fraction of sp³-hybridized carbons (Fsp3) is 0.222. The van der Waals surface area contributed by atoms with E-state index >= 15 is 0 Å². The molecule has 2 N–H and O–H groups in total. The molecule has 1 amide bonds. The molecule has 186 valence electrons. The van der Waals surface area contributed by atoms with Gasteiger partial charge in [-0.1, -0.05) is 58.0 Å². The van der Waals surface area contributed by atoms with Gasteiger partial charge in [0.05, 0.1) is 0 Å². The Labute approximate surface area is 209 Å². The van der Waals surface area contributed by atoms with Gasteiger partial charge in [-0.25, -0.2) is 9.78 Å². The quantitative estimate of drug-likeness (QED) is 0.218. The monoisotopic (exact) mass is 498 g/mol. The summed E-state index contributed by atoms with van der Waals surface area (Å²) < 4.78 is 18.9. The summed E-state index contributed by atoms with van der Waals surface area (Å²) in [5, 5.41) is 14.6. The van der Waals surface area contributed by atoms with Crippen LogP contribution in [0.3, 0.4) is 0 Å². The number of thiophene rings is 1. The number of allylic oxidation sites excluding steroid dienone is 2. The first kappa shape index (κ1) is 29.3. The van der Waals surface area contributed by atoms with E-state index in [0.29, 0.717) is 16.7 Å². The molecule has 0 saturated carbocycles. The maximum absolute atomic E-state index is 13.4. The summed E-state index contributed by atoms with van der Waals surface area (Å²) >= 11 is 1.04. The minimum atomic E-state index is -1.23. The first-order chi connectivity index (χ1) is 16.9. The van der Waals surface area contributed by atoms with E-state index in [2.05, 4.69) is 10.3 Å². The molecule has 4 rings (SSSR count). The summed E-state index contributed by atoms with van der Waals surface area (Å²) in [6.07, 6.45) is 5.25. The van der Waals surface area contributed by atoms with Gasteiger partial charge in [0, 0.05) is 28.6 Å². The summed E-state index contributed by atoms with van der Waals surface area (Å²) in [4.78, 5) is 27.7. The van der Waals surface area contributed by atoms with Gasteiger partial charge >= 0.3 is 5.97 Å². The average molecular weight is 499 g/mol. The molecule has 0 aliphatic heterocycles. The summed E-state index contributed by atoms with van der Waals surface area (Å²) in [6, 6.07) is 11.4. The fourth-order valence-electron chi connectivity index (χ4n) is 2.70. The number of benzene rings is 1. The van der Waals surface area contributed by atoms with E-state index in [4.69, 9.17) is 4.42 Å². The minimum Gasteiger partial charge on any atom is -0.478 e. The number of hydrogen-bond donors (Lipinski definition) is 2. The molecule has 0 bridgehead atoms. The van der Waals surface area contributed by atoms with Gasteiger partial charge in [-0.3, -0.25) is 4.79 Å². The van der Waals surface area contributed by atoms with Crippen LogP contribution in [0.1, 0.15) is 62.5 Å². The van der Waals surface area contributed by atoms with Crippen molar-refractivity contribution in [3.05, 3.63) is 83.5 Å². The third kappa shape index (κ3) is 7.89. The fourth-order valence-corrected chi connectivity index (χ4v) is 3.66. The Morgan fingerprint density at radius 1 is 1.06 bits per heavy atom. The molecule has 3 aromatic heterocycles. The molecule has 0 spiro atoms. The normalized spacial score (nSPS) is 9.80. The third-order valence-electron chi connectivity index (χ3n) is 4.25. The summed E-state index contributed by atoms with van der Waals surface area (Å²) in [7, 11) is 0.